The minimum Gasteiger partial charge on any atom is -0.465 e. The van der Waals surface area contributed by atoms with Crippen LogP contribution in [0.3, 0.4) is 0 Å². The van der Waals surface area contributed by atoms with E-state index < -0.39 is 5.97 Å². The van der Waals surface area contributed by atoms with Crippen molar-refractivity contribution >= 4 is 40.7 Å². The smallest absolute Gasteiger partial charge is 0.339 e. The van der Waals surface area contributed by atoms with Gasteiger partial charge in [0, 0.05) is 0 Å². The molecule has 0 bridgehead atoms. The fraction of sp³-hybridized carbons (Fsp3) is 0.0625. The van der Waals surface area contributed by atoms with Gasteiger partial charge >= 0.3 is 5.97 Å². The number of rotatable bonds is 2. The summed E-state index contributed by atoms with van der Waals surface area (Å²) in [6.45, 7) is 0. The molecule has 0 atom stereocenters. The van der Waals surface area contributed by atoms with E-state index in [0.29, 0.717) is 16.6 Å². The second kappa shape index (κ2) is 5.98. The van der Waals surface area contributed by atoms with Gasteiger partial charge in [0.25, 0.3) is 5.56 Å². The molecule has 0 unspecified atom stereocenters. The lowest BCUT2D eigenvalue weighted by atomic mass is 10.2. The zero-order valence-corrected chi connectivity index (χ0v) is 13.6. The van der Waals surface area contributed by atoms with Crippen LogP contribution >= 0.6 is 23.8 Å². The Morgan fingerprint density at radius 1 is 1.26 bits per heavy atom. The van der Waals surface area contributed by atoms with Crippen molar-refractivity contribution in [2.45, 2.75) is 0 Å². The minimum atomic E-state index is -0.583. The molecular weight excluding hydrogens is 336 g/mol. The number of carbonyl (C=O) groups is 1. The van der Waals surface area contributed by atoms with E-state index in [9.17, 15) is 9.59 Å². The molecule has 1 aromatic heterocycles. The van der Waals surface area contributed by atoms with E-state index in [1.807, 2.05) is 6.07 Å². The van der Waals surface area contributed by atoms with Gasteiger partial charge < -0.3 is 9.72 Å². The van der Waals surface area contributed by atoms with Gasteiger partial charge in [-0.25, -0.2) is 4.79 Å². The number of para-hydroxylation sites is 1. The maximum Gasteiger partial charge on any atom is 0.339 e. The van der Waals surface area contributed by atoms with Crippen LogP contribution in [-0.4, -0.2) is 22.6 Å². The van der Waals surface area contributed by atoms with Crippen molar-refractivity contribution in [1.29, 1.82) is 0 Å². The van der Waals surface area contributed by atoms with Crippen LogP contribution in [0.2, 0.25) is 5.02 Å². The number of benzene rings is 2. The zero-order valence-electron chi connectivity index (χ0n) is 12.0. The fourth-order valence-corrected chi connectivity index (χ4v) is 2.81. The molecule has 0 saturated carbocycles. The minimum absolute atomic E-state index is 0.168. The lowest BCUT2D eigenvalue weighted by Crippen LogP contribution is -2.20. The second-order valence-corrected chi connectivity index (χ2v) is 5.57. The predicted octanol–water partition coefficient (Wildman–Crippen LogP) is 3.49. The summed E-state index contributed by atoms with van der Waals surface area (Å²) in [6.07, 6.45) is 0. The summed E-state index contributed by atoms with van der Waals surface area (Å²) in [6, 6.07) is 11.7. The summed E-state index contributed by atoms with van der Waals surface area (Å²) in [5, 5.41) is 0.736. The number of nitrogens with zero attached hydrogens (tertiary/aromatic N) is 1. The Morgan fingerprint density at radius 2 is 2.00 bits per heavy atom. The topological polar surface area (TPSA) is 64.1 Å². The molecule has 0 radical (unpaired) electrons. The third kappa shape index (κ3) is 2.67. The number of ether oxygens (including phenoxy) is 1. The molecule has 1 heterocycles. The first-order valence-corrected chi connectivity index (χ1v) is 7.44. The van der Waals surface area contributed by atoms with Gasteiger partial charge in [-0.05, 0) is 42.5 Å². The molecule has 0 spiro atoms. The quantitative estimate of drug-likeness (QED) is 0.570. The van der Waals surface area contributed by atoms with Gasteiger partial charge in [0.15, 0.2) is 4.77 Å². The first-order valence-electron chi connectivity index (χ1n) is 6.65. The molecule has 1 N–H and O–H groups in total. The number of esters is 1. The van der Waals surface area contributed by atoms with Gasteiger partial charge in [0.2, 0.25) is 0 Å². The molecule has 7 heteroatoms. The number of fused-ring (bicyclic) bond motifs is 1. The summed E-state index contributed by atoms with van der Waals surface area (Å²) in [7, 11) is 1.26. The molecule has 0 amide bonds. The highest BCUT2D eigenvalue weighted by molar-refractivity contribution is 7.71. The Balaban J connectivity index is 2.32. The molecular formula is C16H11ClN2O3S. The molecule has 0 aliphatic heterocycles. The standard InChI is InChI=1S/C16H11ClN2O3S/c1-22-15(21)11-8-9(6-7-12(11)17)19-14(20)10-4-2-3-5-13(10)18-16(19)23/h2-8H,1H3,(H,18,23). The highest BCUT2D eigenvalue weighted by Gasteiger charge is 2.14. The number of H-pyrrole nitrogens is 1. The molecule has 116 valence electrons. The van der Waals surface area contributed by atoms with Gasteiger partial charge in [-0.15, -0.1) is 0 Å². The number of hydrogen-bond donors (Lipinski definition) is 1. The second-order valence-electron chi connectivity index (χ2n) is 4.77. The number of nitrogens with one attached hydrogen (secondary N) is 1. The van der Waals surface area contributed by atoms with Crippen molar-refractivity contribution in [3.63, 3.8) is 0 Å². The molecule has 0 fully saturated rings. The Kier molecular flexibility index (Phi) is 4.02. The number of aromatic nitrogens is 2. The SMILES string of the molecule is COC(=O)c1cc(-n2c(=S)[nH]c3ccccc3c2=O)ccc1Cl. The van der Waals surface area contributed by atoms with Crippen molar-refractivity contribution in [1.82, 2.24) is 9.55 Å². The van der Waals surface area contributed by atoms with Crippen LogP contribution in [0.25, 0.3) is 16.6 Å². The monoisotopic (exact) mass is 346 g/mol. The van der Waals surface area contributed by atoms with Gasteiger partial charge in [-0.2, -0.15) is 0 Å². The number of halogens is 1. The first kappa shape index (κ1) is 15.5. The Morgan fingerprint density at radius 3 is 2.74 bits per heavy atom. The van der Waals surface area contributed by atoms with Crippen LogP contribution in [0.15, 0.2) is 47.3 Å². The van der Waals surface area contributed by atoms with E-state index in [2.05, 4.69) is 4.98 Å². The predicted molar refractivity (Wildman–Crippen MR) is 91.1 cm³/mol. The summed E-state index contributed by atoms with van der Waals surface area (Å²) in [5.41, 5.74) is 0.983. The summed E-state index contributed by atoms with van der Waals surface area (Å²) in [4.78, 5) is 27.5. The summed E-state index contributed by atoms with van der Waals surface area (Å²) in [5.74, 6) is -0.583. The van der Waals surface area contributed by atoms with Crippen molar-refractivity contribution in [3.8, 4) is 5.69 Å². The van der Waals surface area contributed by atoms with Crippen LogP contribution in [0, 0.1) is 4.77 Å². The third-order valence-electron chi connectivity index (χ3n) is 3.42. The molecule has 0 saturated heterocycles. The lowest BCUT2D eigenvalue weighted by molar-refractivity contribution is 0.0601. The fourth-order valence-electron chi connectivity index (χ4n) is 2.32. The van der Waals surface area contributed by atoms with Crippen molar-refractivity contribution < 1.29 is 9.53 Å². The Labute approximate surface area is 141 Å². The molecule has 5 nitrogen and oxygen atoms in total. The van der Waals surface area contributed by atoms with Gasteiger partial charge in [-0.3, -0.25) is 9.36 Å². The van der Waals surface area contributed by atoms with Crippen LogP contribution < -0.4 is 5.56 Å². The van der Waals surface area contributed by atoms with Crippen LogP contribution in [0.1, 0.15) is 10.4 Å². The highest BCUT2D eigenvalue weighted by Crippen LogP contribution is 2.21. The highest BCUT2D eigenvalue weighted by atomic mass is 35.5. The van der Waals surface area contributed by atoms with E-state index >= 15 is 0 Å². The maximum atomic E-state index is 12.7. The Hall–Kier alpha value is -2.44. The first-order chi connectivity index (χ1) is 11.0. The summed E-state index contributed by atoms with van der Waals surface area (Å²) >= 11 is 11.3. The molecule has 0 aliphatic rings. The van der Waals surface area contributed by atoms with Crippen molar-refractivity contribution in [2.24, 2.45) is 0 Å². The van der Waals surface area contributed by atoms with Crippen LogP contribution in [0.5, 0.6) is 0 Å². The lowest BCUT2D eigenvalue weighted by Gasteiger charge is -2.10. The molecule has 0 aliphatic carbocycles. The molecule has 2 aromatic carbocycles. The molecule has 3 rings (SSSR count). The summed E-state index contributed by atoms with van der Waals surface area (Å²) < 4.78 is 6.24. The van der Waals surface area contributed by atoms with Crippen LogP contribution in [-0.2, 0) is 4.74 Å². The van der Waals surface area contributed by atoms with E-state index in [-0.39, 0.29) is 20.9 Å². The van der Waals surface area contributed by atoms with E-state index in [1.165, 1.54) is 23.8 Å². The maximum absolute atomic E-state index is 12.7. The zero-order chi connectivity index (χ0) is 16.6. The number of methoxy groups -OCH3 is 1. The molecule has 3 aromatic rings. The van der Waals surface area contributed by atoms with Crippen molar-refractivity contribution in [3.05, 3.63) is 68.2 Å². The van der Waals surface area contributed by atoms with E-state index in [4.69, 9.17) is 28.6 Å². The largest absolute Gasteiger partial charge is 0.465 e. The van der Waals surface area contributed by atoms with Gasteiger partial charge in [0.05, 0.1) is 34.3 Å². The average Bonchev–Trinajstić information content (AvgIpc) is 2.55. The van der Waals surface area contributed by atoms with Gasteiger partial charge in [0.1, 0.15) is 0 Å². The van der Waals surface area contributed by atoms with E-state index in [0.717, 1.165) is 0 Å². The number of aromatic amines is 1. The average molecular weight is 347 g/mol. The van der Waals surface area contributed by atoms with Gasteiger partial charge in [-0.1, -0.05) is 23.7 Å². The third-order valence-corrected chi connectivity index (χ3v) is 4.03. The normalized spacial score (nSPS) is 10.7. The molecule has 23 heavy (non-hydrogen) atoms. The van der Waals surface area contributed by atoms with Crippen LogP contribution in [0.4, 0.5) is 0 Å². The number of carbonyl (C=O) groups excluding carboxylic acids is 1. The number of hydrogen-bond acceptors (Lipinski definition) is 4. The van der Waals surface area contributed by atoms with E-state index in [1.54, 1.807) is 24.3 Å². The van der Waals surface area contributed by atoms with Crippen molar-refractivity contribution in [2.75, 3.05) is 7.11 Å². The Bertz CT molecular complexity index is 1040.